The van der Waals surface area contributed by atoms with Gasteiger partial charge in [0.05, 0.1) is 40.7 Å². The molecule has 0 bridgehead atoms. The summed E-state index contributed by atoms with van der Waals surface area (Å²) in [5, 5.41) is 12.4. The van der Waals surface area contributed by atoms with Gasteiger partial charge in [-0.1, -0.05) is 0 Å². The molecule has 3 aliphatic rings. The lowest BCUT2D eigenvalue weighted by Crippen LogP contribution is -2.48. The third-order valence-electron chi connectivity index (χ3n) is 9.72. The fourth-order valence-corrected chi connectivity index (χ4v) is 6.71. The van der Waals surface area contributed by atoms with Crippen LogP contribution in [0.1, 0.15) is 79.2 Å². The second-order valence-electron chi connectivity index (χ2n) is 12.7. The predicted octanol–water partition coefficient (Wildman–Crippen LogP) is 5.05. The van der Waals surface area contributed by atoms with Gasteiger partial charge in [-0.3, -0.25) is 23.9 Å². The van der Waals surface area contributed by atoms with Crippen molar-refractivity contribution in [2.45, 2.75) is 63.5 Å². The number of nitrogens with one attached hydrogen (secondary N) is 1. The number of carboxylic acid groups (broad SMARTS) is 1. The van der Waals surface area contributed by atoms with E-state index < -0.39 is 23.1 Å². The molecule has 2 aliphatic carbocycles. The van der Waals surface area contributed by atoms with Gasteiger partial charge in [0.25, 0.3) is 5.91 Å². The van der Waals surface area contributed by atoms with Crippen LogP contribution >= 0.6 is 0 Å². The average molecular weight is 614 g/mol. The highest BCUT2D eigenvalue weighted by Gasteiger charge is 2.40. The van der Waals surface area contributed by atoms with Crippen LogP contribution in [0.3, 0.4) is 0 Å². The summed E-state index contributed by atoms with van der Waals surface area (Å²) >= 11 is 0. The summed E-state index contributed by atoms with van der Waals surface area (Å²) in [5.41, 5.74) is 7.47. The van der Waals surface area contributed by atoms with Crippen molar-refractivity contribution in [3.8, 4) is 11.3 Å². The Bertz CT molecular complexity index is 1780. The second kappa shape index (κ2) is 11.5. The van der Waals surface area contributed by atoms with E-state index in [1.165, 1.54) is 12.1 Å². The summed E-state index contributed by atoms with van der Waals surface area (Å²) in [4.78, 5) is 40.5. The first-order valence-corrected chi connectivity index (χ1v) is 15.5. The van der Waals surface area contributed by atoms with Gasteiger partial charge in [0, 0.05) is 43.3 Å². The molecule has 45 heavy (non-hydrogen) atoms. The van der Waals surface area contributed by atoms with Gasteiger partial charge in [-0.2, -0.15) is 0 Å². The van der Waals surface area contributed by atoms with Crippen molar-refractivity contribution in [2.75, 3.05) is 30.7 Å². The number of fused-ring (bicyclic) bond motifs is 1. The molecule has 1 aliphatic heterocycles. The number of amides is 1. The van der Waals surface area contributed by atoms with E-state index in [4.69, 9.17) is 10.5 Å². The van der Waals surface area contributed by atoms with Crippen molar-refractivity contribution in [1.29, 1.82) is 0 Å². The quantitative estimate of drug-likeness (QED) is 0.244. The van der Waals surface area contributed by atoms with E-state index in [0.29, 0.717) is 54.8 Å². The SMILES string of the molecule is CC1(C(=O)O)CCC(N2CCO[C@@H](c3ncc4c(-c5ccc(C(=O)Nc6cc(C7CC7)ccn6)c(N)c5F)nccn34)C2)CC1. The van der Waals surface area contributed by atoms with Crippen LogP contribution in [0, 0.1) is 11.2 Å². The highest BCUT2D eigenvalue weighted by Crippen LogP contribution is 2.41. The number of hydrogen-bond donors (Lipinski definition) is 3. The molecule has 12 heteroatoms. The van der Waals surface area contributed by atoms with Crippen LogP contribution in [0.4, 0.5) is 15.9 Å². The van der Waals surface area contributed by atoms with E-state index in [1.807, 2.05) is 23.5 Å². The van der Waals surface area contributed by atoms with E-state index in [0.717, 1.165) is 37.8 Å². The largest absolute Gasteiger partial charge is 0.481 e. The lowest BCUT2D eigenvalue weighted by atomic mass is 9.73. The molecule has 0 unspecified atom stereocenters. The minimum atomic E-state index is -0.739. The Labute approximate surface area is 259 Å². The van der Waals surface area contributed by atoms with Gasteiger partial charge in [0.15, 0.2) is 5.82 Å². The van der Waals surface area contributed by atoms with Crippen LogP contribution < -0.4 is 11.1 Å². The number of pyridine rings is 1. The van der Waals surface area contributed by atoms with Crippen LogP contribution in [0.15, 0.2) is 49.1 Å². The molecule has 1 atom stereocenters. The molecule has 1 aromatic carbocycles. The first kappa shape index (κ1) is 29.3. The Balaban J connectivity index is 1.10. The van der Waals surface area contributed by atoms with Crippen molar-refractivity contribution in [2.24, 2.45) is 5.41 Å². The van der Waals surface area contributed by atoms with E-state index in [9.17, 15) is 14.7 Å². The number of carboxylic acids is 1. The minimum absolute atomic E-state index is 0.0121. The average Bonchev–Trinajstić information content (AvgIpc) is 3.81. The van der Waals surface area contributed by atoms with Crippen molar-refractivity contribution in [3.05, 3.63) is 71.8 Å². The molecular formula is C33H36FN7O4. The smallest absolute Gasteiger partial charge is 0.309 e. The number of benzene rings is 1. The van der Waals surface area contributed by atoms with Crippen molar-refractivity contribution in [1.82, 2.24) is 24.3 Å². The van der Waals surface area contributed by atoms with Gasteiger partial charge >= 0.3 is 5.97 Å². The molecule has 7 rings (SSSR count). The standard InChI is InChI=1S/C33H36FN7O4/c1-33(32(43)44)9-6-21(7-10-33)40-14-15-45-25(18-40)30-38-17-24-29(37-12-13-41(24)30)22-4-5-23(28(35)27(22)34)31(42)39-26-16-20(8-11-36-26)19-2-3-19/h4-5,8,11-13,16-17,19,21,25H,2-3,6-7,9-10,14-15,18,35H2,1H3,(H,43,44)(H,36,39,42)/t21?,25-,33?/m1/s1. The fraction of sp³-hybridized carbons (Fsp3) is 0.424. The summed E-state index contributed by atoms with van der Waals surface area (Å²) in [6.45, 7) is 3.75. The van der Waals surface area contributed by atoms with Gasteiger partial charge in [0.1, 0.15) is 17.7 Å². The number of nitrogens with two attached hydrogens (primary N) is 1. The number of rotatable bonds is 7. The zero-order valence-electron chi connectivity index (χ0n) is 25.1. The number of aliphatic carboxylic acids is 1. The number of nitrogen functional groups attached to an aromatic ring is 1. The van der Waals surface area contributed by atoms with Crippen LogP contribution in [-0.2, 0) is 9.53 Å². The minimum Gasteiger partial charge on any atom is -0.481 e. The normalized spacial score (nSPS) is 24.0. The maximum atomic E-state index is 15.8. The predicted molar refractivity (Wildman–Crippen MR) is 165 cm³/mol. The molecule has 3 aromatic heterocycles. The zero-order chi connectivity index (χ0) is 31.3. The number of hydrogen-bond acceptors (Lipinski definition) is 8. The first-order valence-electron chi connectivity index (χ1n) is 15.5. The molecule has 0 radical (unpaired) electrons. The van der Waals surface area contributed by atoms with Crippen molar-refractivity contribution < 1.29 is 23.8 Å². The number of carbonyl (C=O) groups is 2. The van der Waals surface area contributed by atoms with Gasteiger partial charge in [-0.25, -0.2) is 14.4 Å². The maximum Gasteiger partial charge on any atom is 0.309 e. The monoisotopic (exact) mass is 613 g/mol. The topological polar surface area (TPSA) is 148 Å². The highest BCUT2D eigenvalue weighted by molar-refractivity contribution is 6.08. The summed E-state index contributed by atoms with van der Waals surface area (Å²) in [6.07, 6.45) is 11.5. The number of halogens is 1. The molecule has 1 saturated heterocycles. The number of imidazole rings is 1. The van der Waals surface area contributed by atoms with Gasteiger partial charge < -0.3 is 20.9 Å². The Morgan fingerprint density at radius 2 is 1.91 bits per heavy atom. The number of ether oxygens (including phenoxy) is 1. The molecular weight excluding hydrogens is 577 g/mol. The Hall–Kier alpha value is -4.42. The Morgan fingerprint density at radius 3 is 2.67 bits per heavy atom. The number of carbonyl (C=O) groups excluding carboxylic acids is 1. The Morgan fingerprint density at radius 1 is 1.11 bits per heavy atom. The number of nitrogens with zero attached hydrogens (tertiary/aromatic N) is 5. The van der Waals surface area contributed by atoms with Crippen LogP contribution in [0.2, 0.25) is 0 Å². The molecule has 11 nitrogen and oxygen atoms in total. The summed E-state index contributed by atoms with van der Waals surface area (Å²) in [6, 6.07) is 7.08. The van der Waals surface area contributed by atoms with Crippen LogP contribution in [0.25, 0.3) is 16.8 Å². The number of morpholine rings is 1. The van der Waals surface area contributed by atoms with Crippen molar-refractivity contribution >= 4 is 28.9 Å². The highest BCUT2D eigenvalue weighted by atomic mass is 19.1. The maximum absolute atomic E-state index is 15.8. The zero-order valence-corrected chi connectivity index (χ0v) is 25.1. The summed E-state index contributed by atoms with van der Waals surface area (Å²) in [5.74, 6) is -0.427. The van der Waals surface area contributed by atoms with E-state index in [-0.39, 0.29) is 29.0 Å². The molecule has 0 spiro atoms. The second-order valence-corrected chi connectivity index (χ2v) is 12.7. The first-order chi connectivity index (χ1) is 21.7. The molecule has 4 aromatic rings. The van der Waals surface area contributed by atoms with E-state index >= 15 is 4.39 Å². The fourth-order valence-electron chi connectivity index (χ4n) is 6.71. The Kier molecular flexibility index (Phi) is 7.49. The van der Waals surface area contributed by atoms with Crippen LogP contribution in [-0.4, -0.2) is 67.0 Å². The van der Waals surface area contributed by atoms with Crippen molar-refractivity contribution in [3.63, 3.8) is 0 Å². The summed E-state index contributed by atoms with van der Waals surface area (Å²) in [7, 11) is 0. The lowest BCUT2D eigenvalue weighted by molar-refractivity contribution is -0.151. The number of aromatic nitrogens is 4. The molecule has 4 heterocycles. The molecule has 4 N–H and O–H groups in total. The van der Waals surface area contributed by atoms with Crippen LogP contribution in [0.5, 0.6) is 0 Å². The summed E-state index contributed by atoms with van der Waals surface area (Å²) < 4.78 is 23.8. The van der Waals surface area contributed by atoms with E-state index in [2.05, 4.69) is 25.2 Å². The molecule has 1 amide bonds. The lowest BCUT2D eigenvalue weighted by Gasteiger charge is -2.42. The third-order valence-corrected chi connectivity index (χ3v) is 9.72. The van der Waals surface area contributed by atoms with Gasteiger partial charge in [-0.15, -0.1) is 0 Å². The molecule has 2 saturated carbocycles. The molecule has 234 valence electrons. The third kappa shape index (κ3) is 5.53. The number of anilines is 2. The van der Waals surface area contributed by atoms with E-state index in [1.54, 1.807) is 24.8 Å². The molecule has 3 fully saturated rings. The van der Waals surface area contributed by atoms with Gasteiger partial charge in [0.2, 0.25) is 0 Å². The van der Waals surface area contributed by atoms with Gasteiger partial charge in [-0.05, 0) is 81.2 Å².